The summed E-state index contributed by atoms with van der Waals surface area (Å²) in [5.41, 5.74) is 1.83. The van der Waals surface area contributed by atoms with Gasteiger partial charge in [0.15, 0.2) is 5.69 Å². The zero-order valence-corrected chi connectivity index (χ0v) is 12.9. The summed E-state index contributed by atoms with van der Waals surface area (Å²) < 4.78 is 0. The van der Waals surface area contributed by atoms with E-state index >= 15 is 0 Å². The summed E-state index contributed by atoms with van der Waals surface area (Å²) in [6, 6.07) is 8.96. The highest BCUT2D eigenvalue weighted by Gasteiger charge is 2.09. The SMILES string of the molecule is Cc1ccc(NC(=O)c2ccc(NC(C)C)nn2)cc1Cl. The maximum Gasteiger partial charge on any atom is 0.276 e. The summed E-state index contributed by atoms with van der Waals surface area (Å²) in [7, 11) is 0. The van der Waals surface area contributed by atoms with Gasteiger partial charge < -0.3 is 10.6 Å². The number of hydrogen-bond donors (Lipinski definition) is 2. The van der Waals surface area contributed by atoms with Crippen LogP contribution >= 0.6 is 11.6 Å². The van der Waals surface area contributed by atoms with Gasteiger partial charge in [-0.25, -0.2) is 0 Å². The van der Waals surface area contributed by atoms with Crippen LogP contribution in [0, 0.1) is 6.92 Å². The summed E-state index contributed by atoms with van der Waals surface area (Å²) in [6.45, 7) is 5.91. The van der Waals surface area contributed by atoms with Gasteiger partial charge in [-0.15, -0.1) is 10.2 Å². The second-order valence-corrected chi connectivity index (χ2v) is 5.43. The van der Waals surface area contributed by atoms with E-state index in [2.05, 4.69) is 20.8 Å². The van der Waals surface area contributed by atoms with Crippen LogP contribution in [0.3, 0.4) is 0 Å². The van der Waals surface area contributed by atoms with Crippen molar-refractivity contribution in [1.82, 2.24) is 10.2 Å². The summed E-state index contributed by atoms with van der Waals surface area (Å²) in [4.78, 5) is 12.1. The van der Waals surface area contributed by atoms with E-state index in [0.717, 1.165) is 5.56 Å². The van der Waals surface area contributed by atoms with Gasteiger partial charge in [-0.1, -0.05) is 17.7 Å². The Morgan fingerprint density at radius 1 is 1.19 bits per heavy atom. The minimum absolute atomic E-state index is 0.251. The molecule has 2 rings (SSSR count). The Labute approximate surface area is 128 Å². The topological polar surface area (TPSA) is 66.9 Å². The number of nitrogens with zero attached hydrogens (tertiary/aromatic N) is 2. The van der Waals surface area contributed by atoms with Crippen molar-refractivity contribution in [2.45, 2.75) is 26.8 Å². The predicted molar refractivity (Wildman–Crippen MR) is 84.9 cm³/mol. The van der Waals surface area contributed by atoms with Crippen LogP contribution in [0.15, 0.2) is 30.3 Å². The van der Waals surface area contributed by atoms with Crippen LogP contribution in [-0.4, -0.2) is 22.1 Å². The molecular weight excluding hydrogens is 288 g/mol. The molecule has 0 saturated carbocycles. The number of anilines is 2. The van der Waals surface area contributed by atoms with Crippen LogP contribution in [0.1, 0.15) is 29.9 Å². The highest BCUT2D eigenvalue weighted by atomic mass is 35.5. The molecule has 1 aromatic heterocycles. The minimum atomic E-state index is -0.321. The third-order valence-corrected chi connectivity index (χ3v) is 3.17. The van der Waals surface area contributed by atoms with Crippen LogP contribution < -0.4 is 10.6 Å². The Kier molecular flexibility index (Phi) is 4.75. The highest BCUT2D eigenvalue weighted by molar-refractivity contribution is 6.31. The maximum absolute atomic E-state index is 12.1. The molecule has 1 aromatic carbocycles. The van der Waals surface area contributed by atoms with Gasteiger partial charge in [0.05, 0.1) is 0 Å². The highest BCUT2D eigenvalue weighted by Crippen LogP contribution is 2.20. The van der Waals surface area contributed by atoms with E-state index in [1.807, 2.05) is 26.8 Å². The van der Waals surface area contributed by atoms with Gasteiger partial charge in [0.25, 0.3) is 5.91 Å². The van der Waals surface area contributed by atoms with Crippen LogP contribution in [0.2, 0.25) is 5.02 Å². The molecule has 0 aliphatic heterocycles. The molecule has 5 nitrogen and oxygen atoms in total. The average molecular weight is 305 g/mol. The van der Waals surface area contributed by atoms with Crippen molar-refractivity contribution >= 4 is 29.0 Å². The van der Waals surface area contributed by atoms with E-state index in [1.54, 1.807) is 24.3 Å². The van der Waals surface area contributed by atoms with Gasteiger partial charge in [-0.2, -0.15) is 0 Å². The molecule has 2 N–H and O–H groups in total. The molecule has 0 radical (unpaired) electrons. The monoisotopic (exact) mass is 304 g/mol. The fourth-order valence-electron chi connectivity index (χ4n) is 1.69. The van der Waals surface area contributed by atoms with Gasteiger partial charge in [0, 0.05) is 16.8 Å². The first kappa shape index (κ1) is 15.3. The van der Waals surface area contributed by atoms with Crippen LogP contribution in [0.4, 0.5) is 11.5 Å². The van der Waals surface area contributed by atoms with Crippen molar-refractivity contribution < 1.29 is 4.79 Å². The second kappa shape index (κ2) is 6.54. The van der Waals surface area contributed by atoms with Gasteiger partial charge in [-0.05, 0) is 50.6 Å². The first-order valence-corrected chi connectivity index (χ1v) is 7.01. The van der Waals surface area contributed by atoms with E-state index in [-0.39, 0.29) is 17.6 Å². The van der Waals surface area contributed by atoms with Crippen molar-refractivity contribution in [3.8, 4) is 0 Å². The zero-order chi connectivity index (χ0) is 15.4. The van der Waals surface area contributed by atoms with E-state index in [9.17, 15) is 4.79 Å². The number of amides is 1. The molecule has 2 aromatic rings. The van der Waals surface area contributed by atoms with Gasteiger partial charge in [-0.3, -0.25) is 4.79 Å². The molecule has 110 valence electrons. The second-order valence-electron chi connectivity index (χ2n) is 5.02. The molecule has 0 atom stereocenters. The van der Waals surface area contributed by atoms with Crippen LogP contribution in [0.5, 0.6) is 0 Å². The van der Waals surface area contributed by atoms with Crippen molar-refractivity contribution in [1.29, 1.82) is 0 Å². The molecule has 0 bridgehead atoms. The molecule has 0 spiro atoms. The summed E-state index contributed by atoms with van der Waals surface area (Å²) >= 11 is 6.02. The molecule has 1 heterocycles. The first-order valence-electron chi connectivity index (χ1n) is 6.63. The summed E-state index contributed by atoms with van der Waals surface area (Å²) in [6.07, 6.45) is 0. The van der Waals surface area contributed by atoms with Gasteiger partial charge >= 0.3 is 0 Å². The van der Waals surface area contributed by atoms with Crippen molar-refractivity contribution in [2.75, 3.05) is 10.6 Å². The smallest absolute Gasteiger partial charge is 0.276 e. The lowest BCUT2D eigenvalue weighted by atomic mass is 10.2. The third kappa shape index (κ3) is 4.16. The number of aryl methyl sites for hydroxylation is 1. The van der Waals surface area contributed by atoms with Gasteiger partial charge in [0.1, 0.15) is 5.82 Å². The standard InChI is InChI=1S/C15H17ClN4O/c1-9(2)17-14-7-6-13(19-20-14)15(21)18-11-5-4-10(3)12(16)8-11/h4-9H,1-3H3,(H,17,20)(H,18,21). The molecular formula is C15H17ClN4O. The Bertz CT molecular complexity index is 641. The zero-order valence-electron chi connectivity index (χ0n) is 12.1. The third-order valence-electron chi connectivity index (χ3n) is 2.76. The van der Waals surface area contributed by atoms with Crippen molar-refractivity contribution in [3.05, 3.63) is 46.6 Å². The average Bonchev–Trinajstić information content (AvgIpc) is 2.43. The number of hydrogen-bond acceptors (Lipinski definition) is 4. The van der Waals surface area contributed by atoms with Crippen molar-refractivity contribution in [2.24, 2.45) is 0 Å². The van der Waals surface area contributed by atoms with Crippen LogP contribution in [0.25, 0.3) is 0 Å². The predicted octanol–water partition coefficient (Wildman–Crippen LogP) is 3.51. The number of carbonyl (C=O) groups excluding carboxylic acids is 1. The van der Waals surface area contributed by atoms with E-state index < -0.39 is 0 Å². The lowest BCUT2D eigenvalue weighted by Crippen LogP contribution is -2.16. The molecule has 0 fully saturated rings. The Morgan fingerprint density at radius 2 is 1.95 bits per heavy atom. The molecule has 1 amide bonds. The number of rotatable bonds is 4. The normalized spacial score (nSPS) is 10.5. The number of halogens is 1. The lowest BCUT2D eigenvalue weighted by Gasteiger charge is -2.09. The fraction of sp³-hybridized carbons (Fsp3) is 0.267. The van der Waals surface area contributed by atoms with E-state index in [1.165, 1.54) is 0 Å². The van der Waals surface area contributed by atoms with Crippen LogP contribution in [-0.2, 0) is 0 Å². The summed E-state index contributed by atoms with van der Waals surface area (Å²) in [5, 5.41) is 14.3. The first-order chi connectivity index (χ1) is 9.95. The number of benzene rings is 1. The largest absolute Gasteiger partial charge is 0.366 e. The van der Waals surface area contributed by atoms with Crippen molar-refractivity contribution in [3.63, 3.8) is 0 Å². The number of carbonyl (C=O) groups is 1. The van der Waals surface area contributed by atoms with E-state index in [0.29, 0.717) is 16.5 Å². The molecule has 0 unspecified atom stereocenters. The van der Waals surface area contributed by atoms with E-state index in [4.69, 9.17) is 11.6 Å². The number of nitrogens with one attached hydrogen (secondary N) is 2. The lowest BCUT2D eigenvalue weighted by molar-refractivity contribution is 0.102. The summed E-state index contributed by atoms with van der Waals surface area (Å²) in [5.74, 6) is 0.318. The number of aromatic nitrogens is 2. The maximum atomic E-state index is 12.1. The molecule has 21 heavy (non-hydrogen) atoms. The fourth-order valence-corrected chi connectivity index (χ4v) is 1.87. The van der Waals surface area contributed by atoms with Gasteiger partial charge in [0.2, 0.25) is 0 Å². The molecule has 0 aliphatic carbocycles. The Hall–Kier alpha value is -2.14. The Balaban J connectivity index is 2.07. The molecule has 0 saturated heterocycles. The minimum Gasteiger partial charge on any atom is -0.366 e. The molecule has 0 aliphatic rings. The Morgan fingerprint density at radius 3 is 2.52 bits per heavy atom. The quantitative estimate of drug-likeness (QED) is 0.907. The molecule has 6 heteroatoms.